The Morgan fingerprint density at radius 1 is 1.17 bits per heavy atom. The van der Waals surface area contributed by atoms with Crippen molar-refractivity contribution in [2.24, 2.45) is 0 Å². The van der Waals surface area contributed by atoms with Crippen LogP contribution in [0, 0.1) is 0 Å². The van der Waals surface area contributed by atoms with Crippen molar-refractivity contribution in [3.05, 3.63) is 51.2 Å². The van der Waals surface area contributed by atoms with Crippen LogP contribution in [0.2, 0.25) is 4.34 Å². The second-order valence-corrected chi connectivity index (χ2v) is 5.98. The highest BCUT2D eigenvalue weighted by molar-refractivity contribution is 7.16. The topological polar surface area (TPSA) is 38.0 Å². The van der Waals surface area contributed by atoms with Crippen LogP contribution in [0.25, 0.3) is 0 Å². The zero-order valence-electron chi connectivity index (χ0n) is 10.2. The third kappa shape index (κ3) is 4.02. The van der Waals surface area contributed by atoms with Crippen molar-refractivity contribution in [1.82, 2.24) is 5.32 Å². The maximum absolute atomic E-state index is 5.90. The molecule has 1 heterocycles. The summed E-state index contributed by atoms with van der Waals surface area (Å²) >= 11 is 7.50. The molecule has 96 valence electrons. The number of benzene rings is 1. The van der Waals surface area contributed by atoms with Crippen LogP contribution in [0.1, 0.15) is 16.9 Å². The molecule has 1 aromatic carbocycles. The molecule has 3 N–H and O–H groups in total. The smallest absolute Gasteiger partial charge is 0.0931 e. The van der Waals surface area contributed by atoms with E-state index < -0.39 is 0 Å². The zero-order chi connectivity index (χ0) is 12.8. The van der Waals surface area contributed by atoms with Gasteiger partial charge in [0.05, 0.1) is 4.34 Å². The van der Waals surface area contributed by atoms with Crippen molar-refractivity contribution in [3.63, 3.8) is 0 Å². The molecule has 2 rings (SSSR count). The number of nitrogens with two attached hydrogens (primary N) is 1. The second kappa shape index (κ2) is 6.78. The maximum atomic E-state index is 5.90. The van der Waals surface area contributed by atoms with Gasteiger partial charge in [-0.1, -0.05) is 29.8 Å². The van der Waals surface area contributed by atoms with Crippen molar-refractivity contribution in [1.29, 1.82) is 0 Å². The van der Waals surface area contributed by atoms with Gasteiger partial charge in [-0.2, -0.15) is 0 Å². The number of thiophene rings is 1. The molecule has 1 aromatic heterocycles. The zero-order valence-corrected chi connectivity index (χ0v) is 11.7. The van der Waals surface area contributed by atoms with Gasteiger partial charge >= 0.3 is 0 Å². The van der Waals surface area contributed by atoms with E-state index in [4.69, 9.17) is 17.3 Å². The molecular weight excluding hydrogens is 264 g/mol. The average Bonchev–Trinajstić information content (AvgIpc) is 2.77. The lowest BCUT2D eigenvalue weighted by Gasteiger charge is -2.06. The Labute approximate surface area is 117 Å². The van der Waals surface area contributed by atoms with Crippen LogP contribution in [0.5, 0.6) is 0 Å². The fourth-order valence-electron chi connectivity index (χ4n) is 1.82. The van der Waals surface area contributed by atoms with E-state index in [0.717, 1.165) is 36.0 Å². The summed E-state index contributed by atoms with van der Waals surface area (Å²) in [7, 11) is 0. The van der Waals surface area contributed by atoms with Gasteiger partial charge in [-0.05, 0) is 43.1 Å². The highest BCUT2D eigenvalue weighted by Crippen LogP contribution is 2.21. The molecule has 4 heteroatoms. The second-order valence-electron chi connectivity index (χ2n) is 4.18. The molecule has 2 aromatic rings. The van der Waals surface area contributed by atoms with Crippen LogP contribution >= 0.6 is 22.9 Å². The fraction of sp³-hybridized carbons (Fsp3) is 0.286. The van der Waals surface area contributed by atoms with Gasteiger partial charge in [-0.15, -0.1) is 11.3 Å². The Hall–Kier alpha value is -1.03. The number of hydrogen-bond acceptors (Lipinski definition) is 3. The monoisotopic (exact) mass is 280 g/mol. The third-order valence-corrected chi connectivity index (χ3v) is 4.01. The van der Waals surface area contributed by atoms with Gasteiger partial charge in [0.1, 0.15) is 0 Å². The normalized spacial score (nSPS) is 10.7. The van der Waals surface area contributed by atoms with Gasteiger partial charge < -0.3 is 11.1 Å². The lowest BCUT2D eigenvalue weighted by atomic mass is 10.1. The summed E-state index contributed by atoms with van der Waals surface area (Å²) in [5, 5.41) is 3.42. The Kier molecular flexibility index (Phi) is 5.05. The molecule has 0 spiro atoms. The van der Waals surface area contributed by atoms with Crippen molar-refractivity contribution >= 4 is 28.6 Å². The van der Waals surface area contributed by atoms with Gasteiger partial charge in [0.2, 0.25) is 0 Å². The Balaban J connectivity index is 1.66. The van der Waals surface area contributed by atoms with Crippen molar-refractivity contribution < 1.29 is 0 Å². The highest BCUT2D eigenvalue weighted by atomic mass is 35.5. The van der Waals surface area contributed by atoms with E-state index in [2.05, 4.69) is 17.4 Å². The largest absolute Gasteiger partial charge is 0.399 e. The predicted molar refractivity (Wildman–Crippen MR) is 80.2 cm³/mol. The first-order valence-electron chi connectivity index (χ1n) is 6.04. The number of para-hydroxylation sites is 1. The molecule has 0 radical (unpaired) electrons. The Morgan fingerprint density at radius 2 is 2.00 bits per heavy atom. The molecule has 0 fully saturated rings. The minimum Gasteiger partial charge on any atom is -0.399 e. The maximum Gasteiger partial charge on any atom is 0.0931 e. The van der Waals surface area contributed by atoms with Gasteiger partial charge in [-0.3, -0.25) is 0 Å². The quantitative estimate of drug-likeness (QED) is 0.625. The molecule has 0 aliphatic carbocycles. The molecule has 0 atom stereocenters. The summed E-state index contributed by atoms with van der Waals surface area (Å²) in [5.41, 5.74) is 8.02. The number of anilines is 1. The fourth-order valence-corrected chi connectivity index (χ4v) is 2.88. The van der Waals surface area contributed by atoms with Crippen LogP contribution in [0.3, 0.4) is 0 Å². The average molecular weight is 281 g/mol. The van der Waals surface area contributed by atoms with E-state index in [1.165, 1.54) is 10.4 Å². The number of halogens is 1. The Morgan fingerprint density at radius 3 is 2.72 bits per heavy atom. The van der Waals surface area contributed by atoms with E-state index in [1.54, 1.807) is 11.3 Å². The summed E-state index contributed by atoms with van der Waals surface area (Å²) in [5.74, 6) is 0. The van der Waals surface area contributed by atoms with E-state index in [-0.39, 0.29) is 0 Å². The molecule has 0 unspecified atom stereocenters. The van der Waals surface area contributed by atoms with Gasteiger partial charge in [-0.25, -0.2) is 0 Å². The minimum absolute atomic E-state index is 0.851. The SMILES string of the molecule is Nc1ccccc1CCCNCc1ccc(Cl)s1. The van der Waals surface area contributed by atoms with Gasteiger partial charge in [0.25, 0.3) is 0 Å². The molecule has 0 aliphatic rings. The Bertz CT molecular complexity index is 496. The molecule has 0 bridgehead atoms. The number of aryl methyl sites for hydroxylation is 1. The van der Waals surface area contributed by atoms with E-state index in [9.17, 15) is 0 Å². The minimum atomic E-state index is 0.851. The predicted octanol–water partition coefficient (Wildman–Crippen LogP) is 3.71. The highest BCUT2D eigenvalue weighted by Gasteiger charge is 1.99. The summed E-state index contributed by atoms with van der Waals surface area (Å²) in [4.78, 5) is 1.28. The van der Waals surface area contributed by atoms with Crippen LogP contribution in [0.4, 0.5) is 5.69 Å². The number of hydrogen-bond donors (Lipinski definition) is 2. The van der Waals surface area contributed by atoms with Crippen LogP contribution < -0.4 is 11.1 Å². The first kappa shape index (κ1) is 13.4. The van der Waals surface area contributed by atoms with E-state index in [0.29, 0.717) is 0 Å². The van der Waals surface area contributed by atoms with Gasteiger partial charge in [0, 0.05) is 17.1 Å². The lowest BCUT2D eigenvalue weighted by Crippen LogP contribution is -2.14. The van der Waals surface area contributed by atoms with Crippen molar-refractivity contribution in [2.45, 2.75) is 19.4 Å². The molecule has 0 amide bonds. The first-order valence-corrected chi connectivity index (χ1v) is 7.23. The summed E-state index contributed by atoms with van der Waals surface area (Å²) in [6.07, 6.45) is 2.11. The van der Waals surface area contributed by atoms with Crippen molar-refractivity contribution in [2.75, 3.05) is 12.3 Å². The molecule has 18 heavy (non-hydrogen) atoms. The standard InChI is InChI=1S/C14H17ClN2S/c15-14-8-7-12(18-14)10-17-9-3-5-11-4-1-2-6-13(11)16/h1-2,4,6-8,17H,3,5,9-10,16H2. The molecular formula is C14H17ClN2S. The third-order valence-electron chi connectivity index (χ3n) is 2.78. The number of nitrogen functional groups attached to an aromatic ring is 1. The molecule has 0 saturated heterocycles. The lowest BCUT2D eigenvalue weighted by molar-refractivity contribution is 0.655. The van der Waals surface area contributed by atoms with Crippen molar-refractivity contribution in [3.8, 4) is 0 Å². The van der Waals surface area contributed by atoms with Crippen LogP contribution in [-0.2, 0) is 13.0 Å². The molecule has 0 saturated carbocycles. The first-order chi connectivity index (χ1) is 8.75. The summed E-state index contributed by atoms with van der Waals surface area (Å²) in [6, 6.07) is 12.1. The van der Waals surface area contributed by atoms with E-state index in [1.807, 2.05) is 24.3 Å². The van der Waals surface area contributed by atoms with E-state index >= 15 is 0 Å². The molecule has 0 aliphatic heterocycles. The van der Waals surface area contributed by atoms with Crippen LogP contribution in [-0.4, -0.2) is 6.54 Å². The van der Waals surface area contributed by atoms with Gasteiger partial charge in [0.15, 0.2) is 0 Å². The summed E-state index contributed by atoms with van der Waals surface area (Å²) < 4.78 is 0.851. The number of nitrogens with one attached hydrogen (secondary N) is 1. The van der Waals surface area contributed by atoms with Crippen LogP contribution in [0.15, 0.2) is 36.4 Å². The summed E-state index contributed by atoms with van der Waals surface area (Å²) in [6.45, 7) is 1.88. The number of rotatable bonds is 6. The molecule has 2 nitrogen and oxygen atoms in total.